The molecule has 1 aromatic carbocycles. The highest BCUT2D eigenvalue weighted by atomic mass is 19.3. The Morgan fingerprint density at radius 2 is 2.00 bits per heavy atom. The number of aromatic nitrogens is 3. The Labute approximate surface area is 174 Å². The van der Waals surface area contributed by atoms with Crippen molar-refractivity contribution in [2.45, 2.75) is 20.3 Å². The third-order valence-electron chi connectivity index (χ3n) is 4.18. The molecule has 0 atom stereocenters. The number of anilines is 2. The second-order valence-electron chi connectivity index (χ2n) is 7.04. The number of alkyl halides is 2. The lowest BCUT2D eigenvalue weighted by Crippen LogP contribution is -2.28. The van der Waals surface area contributed by atoms with E-state index in [0.29, 0.717) is 0 Å². The van der Waals surface area contributed by atoms with Crippen LogP contribution in [-0.4, -0.2) is 27.9 Å². The van der Waals surface area contributed by atoms with E-state index in [0.717, 1.165) is 17.0 Å². The summed E-state index contributed by atoms with van der Waals surface area (Å²) in [5.41, 5.74) is -1.75. The van der Waals surface area contributed by atoms with E-state index in [2.05, 4.69) is 26.8 Å². The minimum Gasteiger partial charge on any atom is -0.320 e. The van der Waals surface area contributed by atoms with Gasteiger partial charge in [0.05, 0.1) is 23.5 Å². The van der Waals surface area contributed by atoms with Crippen molar-refractivity contribution in [1.82, 2.24) is 15.0 Å². The summed E-state index contributed by atoms with van der Waals surface area (Å²) in [5, 5.41) is 8.62. The molecule has 158 valence electrons. The van der Waals surface area contributed by atoms with Crippen LogP contribution in [0, 0.1) is 40.2 Å². The number of aromatic amines is 1. The van der Waals surface area contributed by atoms with E-state index < -0.39 is 46.9 Å². The maximum absolute atomic E-state index is 14.6. The first-order valence-electron chi connectivity index (χ1n) is 8.95. The highest BCUT2D eigenvalue weighted by Crippen LogP contribution is 2.32. The molecule has 0 saturated carbocycles. The van der Waals surface area contributed by atoms with Gasteiger partial charge in [0, 0.05) is 11.9 Å². The molecule has 0 bridgehead atoms. The smallest absolute Gasteiger partial charge is 0.320 e. The van der Waals surface area contributed by atoms with Gasteiger partial charge in [-0.05, 0) is 44.0 Å². The van der Waals surface area contributed by atoms with Crippen LogP contribution in [0.1, 0.15) is 19.5 Å². The second kappa shape index (κ2) is 8.44. The first kappa shape index (κ1) is 21.8. The molecule has 6 nitrogen and oxygen atoms in total. The number of H-pyrrole nitrogens is 1. The number of rotatable bonds is 4. The van der Waals surface area contributed by atoms with Crippen LogP contribution in [0.3, 0.4) is 0 Å². The third kappa shape index (κ3) is 4.81. The fraction of sp³-hybridized carbons (Fsp3) is 0.238. The number of fused-ring (bicyclic) bond motifs is 1. The zero-order valence-electron chi connectivity index (χ0n) is 16.4. The SMILES string of the molecule is CC(C)(C#N)C#Cc1cc(N(CC(F)F)c2nc(=O)[nH]c3ccc(F)c(F)c23)ccn1. The van der Waals surface area contributed by atoms with E-state index in [1.54, 1.807) is 13.8 Å². The molecule has 0 saturated heterocycles. The van der Waals surface area contributed by atoms with Crippen molar-refractivity contribution in [3.8, 4) is 17.9 Å². The third-order valence-corrected chi connectivity index (χ3v) is 4.18. The van der Waals surface area contributed by atoms with Gasteiger partial charge in [0.2, 0.25) is 0 Å². The average Bonchev–Trinajstić information content (AvgIpc) is 2.73. The standard InChI is InChI=1S/C21H15F4N5O/c1-21(2,11-26)7-5-12-9-13(6-8-27-12)30(10-16(23)24)19-17-15(28-20(31)29-19)4-3-14(22)18(17)25/h3-4,6,8-9,16H,10H2,1-2H3,(H,28,29,31). The Hall–Kier alpha value is -3.92. The van der Waals surface area contributed by atoms with Gasteiger partial charge in [-0.2, -0.15) is 10.2 Å². The van der Waals surface area contributed by atoms with E-state index in [1.807, 2.05) is 6.07 Å². The fourth-order valence-corrected chi connectivity index (χ4v) is 2.72. The van der Waals surface area contributed by atoms with Gasteiger partial charge in [-0.15, -0.1) is 0 Å². The van der Waals surface area contributed by atoms with Crippen molar-refractivity contribution in [2.75, 3.05) is 11.4 Å². The van der Waals surface area contributed by atoms with Crippen LogP contribution in [0.2, 0.25) is 0 Å². The van der Waals surface area contributed by atoms with Gasteiger partial charge >= 0.3 is 5.69 Å². The number of hydrogen-bond acceptors (Lipinski definition) is 5. The van der Waals surface area contributed by atoms with Crippen LogP contribution >= 0.6 is 0 Å². The molecule has 0 amide bonds. The zero-order chi connectivity index (χ0) is 22.8. The molecule has 0 aliphatic heterocycles. The van der Waals surface area contributed by atoms with E-state index in [-0.39, 0.29) is 16.9 Å². The molecular formula is C21H15F4N5O. The van der Waals surface area contributed by atoms with Crippen molar-refractivity contribution in [2.24, 2.45) is 5.41 Å². The van der Waals surface area contributed by atoms with Gasteiger partial charge in [-0.3, -0.25) is 0 Å². The van der Waals surface area contributed by atoms with Gasteiger partial charge in [0.25, 0.3) is 6.43 Å². The Bertz CT molecular complexity index is 1300. The maximum Gasteiger partial charge on any atom is 0.347 e. The summed E-state index contributed by atoms with van der Waals surface area (Å²) in [6.07, 6.45) is -1.61. The number of pyridine rings is 1. The highest BCUT2D eigenvalue weighted by Gasteiger charge is 2.23. The van der Waals surface area contributed by atoms with Crippen LogP contribution in [0.4, 0.5) is 29.1 Å². The molecule has 0 fully saturated rings. The number of nitrogens with one attached hydrogen (secondary N) is 1. The lowest BCUT2D eigenvalue weighted by molar-refractivity contribution is 0.158. The lowest BCUT2D eigenvalue weighted by atomic mass is 9.97. The van der Waals surface area contributed by atoms with Crippen molar-refractivity contribution in [1.29, 1.82) is 5.26 Å². The van der Waals surface area contributed by atoms with Crippen LogP contribution < -0.4 is 10.6 Å². The van der Waals surface area contributed by atoms with E-state index >= 15 is 0 Å². The van der Waals surface area contributed by atoms with Crippen LogP contribution in [0.15, 0.2) is 35.3 Å². The fourth-order valence-electron chi connectivity index (χ4n) is 2.72. The van der Waals surface area contributed by atoms with Gasteiger partial charge in [0.1, 0.15) is 11.1 Å². The zero-order valence-corrected chi connectivity index (χ0v) is 16.4. The second-order valence-corrected chi connectivity index (χ2v) is 7.04. The number of nitrogens with zero attached hydrogens (tertiary/aromatic N) is 4. The summed E-state index contributed by atoms with van der Waals surface area (Å²) < 4.78 is 55.2. The molecule has 0 aliphatic carbocycles. The van der Waals surface area contributed by atoms with E-state index in [4.69, 9.17) is 5.26 Å². The van der Waals surface area contributed by atoms with Crippen LogP contribution in [0.5, 0.6) is 0 Å². The van der Waals surface area contributed by atoms with E-state index in [1.165, 1.54) is 18.3 Å². The molecule has 0 spiro atoms. The van der Waals surface area contributed by atoms with Gasteiger partial charge in [-0.1, -0.05) is 5.92 Å². The summed E-state index contributed by atoms with van der Waals surface area (Å²) in [4.78, 5) is 22.8. The molecule has 0 aliphatic rings. The Kier molecular flexibility index (Phi) is 5.93. The molecule has 31 heavy (non-hydrogen) atoms. The largest absolute Gasteiger partial charge is 0.347 e. The molecule has 2 heterocycles. The van der Waals surface area contributed by atoms with Crippen molar-refractivity contribution < 1.29 is 17.6 Å². The predicted octanol–water partition coefficient (Wildman–Crippen LogP) is 3.90. The minimum absolute atomic E-state index is 0.0809. The normalized spacial score (nSPS) is 11.2. The van der Waals surface area contributed by atoms with Crippen LogP contribution in [-0.2, 0) is 0 Å². The Morgan fingerprint density at radius 3 is 2.68 bits per heavy atom. The summed E-state index contributed by atoms with van der Waals surface area (Å²) in [5.74, 6) is 2.36. The summed E-state index contributed by atoms with van der Waals surface area (Å²) >= 11 is 0. The molecule has 3 aromatic rings. The van der Waals surface area contributed by atoms with Crippen LogP contribution in [0.25, 0.3) is 10.9 Å². The van der Waals surface area contributed by atoms with Gasteiger partial charge in [-0.25, -0.2) is 27.3 Å². The molecule has 0 unspecified atom stereocenters. The van der Waals surface area contributed by atoms with E-state index in [9.17, 15) is 22.4 Å². The maximum atomic E-state index is 14.6. The van der Waals surface area contributed by atoms with Crippen molar-refractivity contribution >= 4 is 22.4 Å². The van der Waals surface area contributed by atoms with Gasteiger partial charge < -0.3 is 9.88 Å². The lowest BCUT2D eigenvalue weighted by Gasteiger charge is -2.24. The number of halogens is 4. The van der Waals surface area contributed by atoms with Gasteiger partial charge in [0.15, 0.2) is 17.5 Å². The molecule has 2 aromatic heterocycles. The van der Waals surface area contributed by atoms with Crippen molar-refractivity contribution in [3.05, 3.63) is 58.3 Å². The quantitative estimate of drug-likeness (QED) is 0.502. The molecular weight excluding hydrogens is 414 g/mol. The minimum atomic E-state index is -2.90. The molecule has 3 rings (SSSR count). The highest BCUT2D eigenvalue weighted by molar-refractivity contribution is 5.92. The Morgan fingerprint density at radius 1 is 1.26 bits per heavy atom. The average molecular weight is 429 g/mol. The molecule has 0 radical (unpaired) electrons. The number of hydrogen-bond donors (Lipinski definition) is 1. The summed E-state index contributed by atoms with van der Waals surface area (Å²) in [7, 11) is 0. The number of nitriles is 1. The van der Waals surface area contributed by atoms with Crippen molar-refractivity contribution in [3.63, 3.8) is 0 Å². The molecule has 1 N–H and O–H groups in total. The summed E-state index contributed by atoms with van der Waals surface area (Å²) in [6, 6.07) is 6.60. The Balaban J connectivity index is 2.22. The summed E-state index contributed by atoms with van der Waals surface area (Å²) in [6.45, 7) is 2.23. The number of benzene rings is 1. The first-order valence-corrected chi connectivity index (χ1v) is 8.95. The first-order chi connectivity index (χ1) is 14.6. The monoisotopic (exact) mass is 429 g/mol. The topological polar surface area (TPSA) is 85.7 Å². The predicted molar refractivity (Wildman–Crippen MR) is 106 cm³/mol. The molecule has 10 heteroatoms.